The van der Waals surface area contributed by atoms with Crippen LogP contribution in [0.2, 0.25) is 0 Å². The summed E-state index contributed by atoms with van der Waals surface area (Å²) in [7, 11) is 1.60. The number of pyridine rings is 1. The van der Waals surface area contributed by atoms with E-state index in [1.54, 1.807) is 20.0 Å². The maximum Gasteiger partial charge on any atom is 0.330 e. The lowest BCUT2D eigenvalue weighted by Gasteiger charge is -2.24. The predicted molar refractivity (Wildman–Crippen MR) is 107 cm³/mol. The largest absolute Gasteiger partial charge is 0.338 e. The van der Waals surface area contributed by atoms with Crippen molar-refractivity contribution >= 4 is 16.9 Å². The van der Waals surface area contributed by atoms with Gasteiger partial charge >= 0.3 is 5.69 Å². The van der Waals surface area contributed by atoms with Crippen LogP contribution in [-0.4, -0.2) is 38.4 Å². The third kappa shape index (κ3) is 4.14. The summed E-state index contributed by atoms with van der Waals surface area (Å²) in [6.07, 6.45) is 0.177. The van der Waals surface area contributed by atoms with Crippen LogP contribution in [0.15, 0.2) is 15.7 Å². The van der Waals surface area contributed by atoms with Crippen molar-refractivity contribution in [1.82, 2.24) is 19.4 Å². The average Bonchev–Trinajstić information content (AvgIpc) is 2.62. The molecule has 8 nitrogen and oxygen atoms in total. The first-order valence-corrected chi connectivity index (χ1v) is 9.40. The van der Waals surface area contributed by atoms with Gasteiger partial charge in [-0.05, 0) is 24.8 Å². The summed E-state index contributed by atoms with van der Waals surface area (Å²) in [6, 6.07) is 3.35. The highest BCUT2D eigenvalue weighted by atomic mass is 16.2. The summed E-state index contributed by atoms with van der Waals surface area (Å²) in [5.74, 6) is -0.231. The SMILES string of the molecule is CC(C)Cn1c(=O)[nH]c(=O)c2c(C(=O)N(C)C(C)CC#N)cc(C(C)C)nc21. The van der Waals surface area contributed by atoms with E-state index in [9.17, 15) is 14.4 Å². The fraction of sp³-hybridized carbons (Fsp3) is 0.550. The zero-order valence-corrected chi connectivity index (χ0v) is 17.2. The van der Waals surface area contributed by atoms with Gasteiger partial charge in [0.1, 0.15) is 0 Å². The minimum Gasteiger partial charge on any atom is -0.338 e. The molecule has 1 amide bonds. The molecule has 0 saturated carbocycles. The van der Waals surface area contributed by atoms with E-state index in [1.807, 2.05) is 27.7 Å². The van der Waals surface area contributed by atoms with E-state index in [1.165, 1.54) is 9.47 Å². The van der Waals surface area contributed by atoms with Crippen molar-refractivity contribution in [2.75, 3.05) is 7.05 Å². The molecule has 2 heterocycles. The molecular formula is C20H27N5O3. The Labute approximate surface area is 163 Å². The van der Waals surface area contributed by atoms with Gasteiger partial charge in [0.2, 0.25) is 0 Å². The first-order valence-electron chi connectivity index (χ1n) is 9.40. The molecule has 1 unspecified atom stereocenters. The molecular weight excluding hydrogens is 358 g/mol. The maximum atomic E-state index is 13.2. The Kier molecular flexibility index (Phi) is 6.39. The summed E-state index contributed by atoms with van der Waals surface area (Å²) in [6.45, 7) is 9.92. The van der Waals surface area contributed by atoms with Crippen molar-refractivity contribution < 1.29 is 4.79 Å². The summed E-state index contributed by atoms with van der Waals surface area (Å²) in [4.78, 5) is 46.5. The van der Waals surface area contributed by atoms with Crippen LogP contribution >= 0.6 is 0 Å². The Morgan fingerprint density at radius 2 is 1.93 bits per heavy atom. The fourth-order valence-electron chi connectivity index (χ4n) is 2.95. The number of carbonyl (C=O) groups is 1. The van der Waals surface area contributed by atoms with Gasteiger partial charge in [-0.25, -0.2) is 9.78 Å². The van der Waals surface area contributed by atoms with Crippen LogP contribution < -0.4 is 11.2 Å². The molecule has 0 fully saturated rings. The van der Waals surface area contributed by atoms with E-state index in [0.717, 1.165) is 0 Å². The molecule has 0 aromatic carbocycles. The molecule has 1 atom stereocenters. The van der Waals surface area contributed by atoms with Crippen LogP contribution in [0.3, 0.4) is 0 Å². The predicted octanol–water partition coefficient (Wildman–Crippen LogP) is 2.24. The molecule has 0 bridgehead atoms. The number of rotatable bonds is 6. The molecule has 0 aliphatic heterocycles. The van der Waals surface area contributed by atoms with Crippen LogP contribution in [-0.2, 0) is 6.54 Å². The minimum absolute atomic E-state index is 0.000298. The Morgan fingerprint density at radius 1 is 1.29 bits per heavy atom. The lowest BCUT2D eigenvalue weighted by Crippen LogP contribution is -2.37. The number of carbonyl (C=O) groups excluding carboxylic acids is 1. The normalized spacial score (nSPS) is 12.4. The van der Waals surface area contributed by atoms with Crippen LogP contribution in [0.5, 0.6) is 0 Å². The molecule has 28 heavy (non-hydrogen) atoms. The quantitative estimate of drug-likeness (QED) is 0.819. The summed E-state index contributed by atoms with van der Waals surface area (Å²) in [5.41, 5.74) is -0.130. The Balaban J connectivity index is 2.85. The third-order valence-electron chi connectivity index (χ3n) is 4.71. The van der Waals surface area contributed by atoms with Crippen molar-refractivity contribution in [3.05, 3.63) is 38.2 Å². The molecule has 8 heteroatoms. The zero-order valence-electron chi connectivity index (χ0n) is 17.2. The van der Waals surface area contributed by atoms with E-state index in [0.29, 0.717) is 12.2 Å². The molecule has 0 aliphatic rings. The second-order valence-electron chi connectivity index (χ2n) is 7.84. The van der Waals surface area contributed by atoms with Gasteiger partial charge in [0.05, 0.1) is 23.4 Å². The van der Waals surface area contributed by atoms with Crippen molar-refractivity contribution in [3.8, 4) is 6.07 Å². The number of fused-ring (bicyclic) bond motifs is 1. The lowest BCUT2D eigenvalue weighted by molar-refractivity contribution is 0.0748. The minimum atomic E-state index is -0.632. The van der Waals surface area contributed by atoms with Gasteiger partial charge in [-0.2, -0.15) is 5.26 Å². The molecule has 0 saturated heterocycles. The van der Waals surface area contributed by atoms with Gasteiger partial charge in [-0.1, -0.05) is 27.7 Å². The second kappa shape index (κ2) is 8.38. The van der Waals surface area contributed by atoms with Crippen LogP contribution in [0.1, 0.15) is 63.0 Å². The zero-order chi connectivity index (χ0) is 21.2. The molecule has 0 spiro atoms. The van der Waals surface area contributed by atoms with E-state index < -0.39 is 11.2 Å². The van der Waals surface area contributed by atoms with Crippen molar-refractivity contribution in [2.45, 2.75) is 59.5 Å². The summed E-state index contributed by atoms with van der Waals surface area (Å²) < 4.78 is 1.42. The van der Waals surface area contributed by atoms with Gasteiger partial charge in [-0.3, -0.25) is 19.1 Å². The highest BCUT2D eigenvalue weighted by Gasteiger charge is 2.24. The number of hydrogen-bond donors (Lipinski definition) is 1. The molecule has 0 radical (unpaired) electrons. The molecule has 2 rings (SSSR count). The van der Waals surface area contributed by atoms with Crippen LogP contribution in [0, 0.1) is 17.2 Å². The van der Waals surface area contributed by atoms with Crippen molar-refractivity contribution in [3.63, 3.8) is 0 Å². The second-order valence-corrected chi connectivity index (χ2v) is 7.84. The standard InChI is InChI=1S/C20H27N5O3/c1-11(2)10-25-17-16(18(26)23-20(25)28)14(9-15(22-17)12(3)4)19(27)24(6)13(5)7-8-21/h9,11-13H,7,10H2,1-6H3,(H,23,26,28). The summed E-state index contributed by atoms with van der Waals surface area (Å²) in [5, 5.41) is 9.03. The number of H-pyrrole nitrogens is 1. The van der Waals surface area contributed by atoms with Crippen molar-refractivity contribution in [1.29, 1.82) is 5.26 Å². The topological polar surface area (TPSA) is 112 Å². The molecule has 2 aromatic rings. The Hall–Kier alpha value is -2.95. The van der Waals surface area contributed by atoms with E-state index >= 15 is 0 Å². The number of amides is 1. The fourth-order valence-corrected chi connectivity index (χ4v) is 2.95. The molecule has 150 valence electrons. The van der Waals surface area contributed by atoms with Gasteiger partial charge in [0, 0.05) is 25.3 Å². The van der Waals surface area contributed by atoms with Gasteiger partial charge in [-0.15, -0.1) is 0 Å². The Bertz CT molecular complexity index is 1040. The number of nitrogens with one attached hydrogen (secondary N) is 1. The average molecular weight is 385 g/mol. The lowest BCUT2D eigenvalue weighted by atomic mass is 10.0. The van der Waals surface area contributed by atoms with Crippen molar-refractivity contribution in [2.24, 2.45) is 5.92 Å². The van der Waals surface area contributed by atoms with E-state index in [4.69, 9.17) is 5.26 Å². The van der Waals surface area contributed by atoms with Gasteiger partial charge < -0.3 is 4.90 Å². The molecule has 1 N–H and O–H groups in total. The summed E-state index contributed by atoms with van der Waals surface area (Å²) >= 11 is 0. The first kappa shape index (κ1) is 21.4. The monoisotopic (exact) mass is 385 g/mol. The number of hydrogen-bond acceptors (Lipinski definition) is 5. The maximum absolute atomic E-state index is 13.2. The number of aromatic nitrogens is 3. The first-order chi connectivity index (χ1) is 13.1. The number of nitriles is 1. The van der Waals surface area contributed by atoms with Crippen LogP contribution in [0.4, 0.5) is 0 Å². The van der Waals surface area contributed by atoms with Gasteiger partial charge in [0.25, 0.3) is 11.5 Å². The highest BCUT2D eigenvalue weighted by Crippen LogP contribution is 2.22. The third-order valence-corrected chi connectivity index (χ3v) is 4.71. The van der Waals surface area contributed by atoms with Gasteiger partial charge in [0.15, 0.2) is 5.65 Å². The van der Waals surface area contributed by atoms with Crippen LogP contribution in [0.25, 0.3) is 11.0 Å². The van der Waals surface area contributed by atoms with E-state index in [-0.39, 0.29) is 46.8 Å². The Morgan fingerprint density at radius 3 is 2.46 bits per heavy atom. The number of aromatic amines is 1. The van der Waals surface area contributed by atoms with E-state index in [2.05, 4.69) is 16.0 Å². The highest BCUT2D eigenvalue weighted by molar-refractivity contribution is 6.05. The number of nitrogens with zero attached hydrogens (tertiary/aromatic N) is 4. The smallest absolute Gasteiger partial charge is 0.330 e. The molecule has 2 aromatic heterocycles. The molecule has 0 aliphatic carbocycles.